The molecule has 1 saturated heterocycles. The van der Waals surface area contributed by atoms with Crippen LogP contribution < -0.4 is 5.73 Å². The quantitative estimate of drug-likeness (QED) is 0.918. The fourth-order valence-corrected chi connectivity index (χ4v) is 2.69. The van der Waals surface area contributed by atoms with Gasteiger partial charge in [-0.05, 0) is 38.0 Å². The third-order valence-corrected chi connectivity index (χ3v) is 3.90. The molecule has 0 bridgehead atoms. The van der Waals surface area contributed by atoms with Gasteiger partial charge in [-0.25, -0.2) is 4.68 Å². The Morgan fingerprint density at radius 2 is 2.11 bits per heavy atom. The Morgan fingerprint density at radius 1 is 1.32 bits per heavy atom. The van der Waals surface area contributed by atoms with E-state index >= 15 is 0 Å². The fraction of sp³-hybridized carbons (Fsp3) is 0.400. The number of hydrogen-bond acceptors (Lipinski definition) is 3. The van der Waals surface area contributed by atoms with Crippen LogP contribution in [0.5, 0.6) is 0 Å². The standard InChI is InChI=1S/C15H19N3O/c1-15(9-5-11-19-15)14(16)13-8-10-17-18(13)12-6-3-2-4-7-12/h2-4,6-8,10,14H,5,9,11,16H2,1H3. The first-order valence-corrected chi connectivity index (χ1v) is 6.70. The SMILES string of the molecule is CC1(C(N)c2ccnn2-c2ccccc2)CCCO1. The number of benzene rings is 1. The lowest BCUT2D eigenvalue weighted by Crippen LogP contribution is -2.38. The van der Waals surface area contributed by atoms with Crippen molar-refractivity contribution in [3.05, 3.63) is 48.3 Å². The molecule has 2 unspecified atom stereocenters. The second kappa shape index (κ2) is 4.79. The lowest BCUT2D eigenvalue weighted by atomic mass is 9.91. The van der Waals surface area contributed by atoms with Crippen molar-refractivity contribution < 1.29 is 4.74 Å². The number of para-hydroxylation sites is 1. The smallest absolute Gasteiger partial charge is 0.0862 e. The van der Waals surface area contributed by atoms with Crippen LogP contribution in [-0.4, -0.2) is 22.0 Å². The first-order valence-electron chi connectivity index (χ1n) is 6.70. The molecule has 2 atom stereocenters. The Bertz CT molecular complexity index is 544. The average Bonchev–Trinajstić information content (AvgIpc) is 3.08. The van der Waals surface area contributed by atoms with Crippen molar-refractivity contribution in [1.82, 2.24) is 9.78 Å². The molecule has 1 aromatic carbocycles. The molecule has 1 aliphatic rings. The first kappa shape index (κ1) is 12.4. The van der Waals surface area contributed by atoms with Crippen LogP contribution in [-0.2, 0) is 4.74 Å². The number of ether oxygens (including phenoxy) is 1. The normalized spacial score (nSPS) is 24.5. The second-order valence-electron chi connectivity index (χ2n) is 5.25. The molecule has 2 N–H and O–H groups in total. The molecule has 4 nitrogen and oxygen atoms in total. The summed E-state index contributed by atoms with van der Waals surface area (Å²) in [5.41, 5.74) is 8.17. The maximum absolute atomic E-state index is 6.43. The van der Waals surface area contributed by atoms with Crippen LogP contribution in [0.25, 0.3) is 5.69 Å². The number of nitrogens with zero attached hydrogens (tertiary/aromatic N) is 2. The van der Waals surface area contributed by atoms with Gasteiger partial charge in [-0.15, -0.1) is 0 Å². The predicted molar refractivity (Wildman–Crippen MR) is 74.1 cm³/mol. The van der Waals surface area contributed by atoms with E-state index < -0.39 is 0 Å². The van der Waals surface area contributed by atoms with Crippen LogP contribution >= 0.6 is 0 Å². The van der Waals surface area contributed by atoms with Crippen LogP contribution in [0, 0.1) is 0 Å². The molecule has 0 saturated carbocycles. The van der Waals surface area contributed by atoms with Gasteiger partial charge in [-0.1, -0.05) is 18.2 Å². The summed E-state index contributed by atoms with van der Waals surface area (Å²) in [6, 6.07) is 11.9. The zero-order valence-corrected chi connectivity index (χ0v) is 11.1. The minimum atomic E-state index is -0.285. The Hall–Kier alpha value is -1.65. The number of nitrogens with two attached hydrogens (primary N) is 1. The summed E-state index contributed by atoms with van der Waals surface area (Å²) in [7, 11) is 0. The van der Waals surface area contributed by atoms with Gasteiger partial charge >= 0.3 is 0 Å². The van der Waals surface area contributed by atoms with Gasteiger partial charge in [0.15, 0.2) is 0 Å². The molecule has 3 rings (SSSR count). The van der Waals surface area contributed by atoms with Crippen LogP contribution in [0.1, 0.15) is 31.5 Å². The highest BCUT2D eigenvalue weighted by atomic mass is 16.5. The molecular weight excluding hydrogens is 238 g/mol. The predicted octanol–water partition coefficient (Wildman–Crippen LogP) is 2.44. The summed E-state index contributed by atoms with van der Waals surface area (Å²) in [5, 5.41) is 4.39. The number of rotatable bonds is 3. The molecule has 0 spiro atoms. The van der Waals surface area contributed by atoms with Crippen LogP contribution in [0.4, 0.5) is 0 Å². The van der Waals surface area contributed by atoms with E-state index in [1.807, 2.05) is 41.1 Å². The number of aromatic nitrogens is 2. The number of hydrogen-bond donors (Lipinski definition) is 1. The first-order chi connectivity index (χ1) is 9.21. The molecule has 0 amide bonds. The van der Waals surface area contributed by atoms with E-state index in [0.29, 0.717) is 0 Å². The Morgan fingerprint density at radius 3 is 2.79 bits per heavy atom. The van der Waals surface area contributed by atoms with Gasteiger partial charge in [-0.3, -0.25) is 0 Å². The van der Waals surface area contributed by atoms with Crippen LogP contribution in [0.3, 0.4) is 0 Å². The van der Waals surface area contributed by atoms with E-state index in [-0.39, 0.29) is 11.6 Å². The van der Waals surface area contributed by atoms with Crippen molar-refractivity contribution in [1.29, 1.82) is 0 Å². The van der Waals surface area contributed by atoms with E-state index in [0.717, 1.165) is 30.8 Å². The highest BCUT2D eigenvalue weighted by Crippen LogP contribution is 2.36. The summed E-state index contributed by atoms with van der Waals surface area (Å²) in [4.78, 5) is 0. The largest absolute Gasteiger partial charge is 0.373 e. The van der Waals surface area contributed by atoms with Crippen LogP contribution in [0.2, 0.25) is 0 Å². The Kier molecular flexibility index (Phi) is 3.12. The fourth-order valence-electron chi connectivity index (χ4n) is 2.69. The van der Waals surface area contributed by atoms with Gasteiger partial charge in [0.2, 0.25) is 0 Å². The molecule has 0 aliphatic carbocycles. The Balaban J connectivity index is 1.96. The van der Waals surface area contributed by atoms with E-state index in [1.54, 1.807) is 6.20 Å². The zero-order valence-electron chi connectivity index (χ0n) is 11.1. The summed E-state index contributed by atoms with van der Waals surface area (Å²) in [6.45, 7) is 2.89. The maximum atomic E-state index is 6.43. The highest BCUT2D eigenvalue weighted by molar-refractivity contribution is 5.33. The molecule has 1 aliphatic heterocycles. The lowest BCUT2D eigenvalue weighted by Gasteiger charge is -2.30. The van der Waals surface area contributed by atoms with E-state index in [9.17, 15) is 0 Å². The molecule has 1 fully saturated rings. The maximum Gasteiger partial charge on any atom is 0.0862 e. The van der Waals surface area contributed by atoms with Gasteiger partial charge in [-0.2, -0.15) is 5.10 Å². The van der Waals surface area contributed by atoms with Crippen LogP contribution in [0.15, 0.2) is 42.6 Å². The molecule has 2 heterocycles. The van der Waals surface area contributed by atoms with Gasteiger partial charge < -0.3 is 10.5 Å². The summed E-state index contributed by atoms with van der Waals surface area (Å²) in [5.74, 6) is 0. The van der Waals surface area contributed by atoms with Gasteiger partial charge in [0.25, 0.3) is 0 Å². The summed E-state index contributed by atoms with van der Waals surface area (Å²) in [6.07, 6.45) is 3.86. The van der Waals surface area contributed by atoms with Crippen molar-refractivity contribution in [3.63, 3.8) is 0 Å². The second-order valence-corrected chi connectivity index (χ2v) is 5.25. The monoisotopic (exact) mass is 257 g/mol. The molecule has 4 heteroatoms. The van der Waals surface area contributed by atoms with Crippen molar-refractivity contribution >= 4 is 0 Å². The van der Waals surface area contributed by atoms with Gasteiger partial charge in [0.05, 0.1) is 23.0 Å². The lowest BCUT2D eigenvalue weighted by molar-refractivity contribution is -0.00331. The molecule has 100 valence electrons. The van der Waals surface area contributed by atoms with Gasteiger partial charge in [0.1, 0.15) is 0 Å². The van der Waals surface area contributed by atoms with Crippen molar-refractivity contribution in [3.8, 4) is 5.69 Å². The molecule has 2 aromatic rings. The summed E-state index contributed by atoms with van der Waals surface area (Å²) >= 11 is 0. The topological polar surface area (TPSA) is 53.1 Å². The average molecular weight is 257 g/mol. The van der Waals surface area contributed by atoms with E-state index in [4.69, 9.17) is 10.5 Å². The van der Waals surface area contributed by atoms with E-state index in [2.05, 4.69) is 12.0 Å². The molecule has 0 radical (unpaired) electrons. The summed E-state index contributed by atoms with van der Waals surface area (Å²) < 4.78 is 7.75. The van der Waals surface area contributed by atoms with Gasteiger partial charge in [0, 0.05) is 12.8 Å². The van der Waals surface area contributed by atoms with E-state index in [1.165, 1.54) is 0 Å². The van der Waals surface area contributed by atoms with Crippen molar-refractivity contribution in [2.24, 2.45) is 5.73 Å². The minimum absolute atomic E-state index is 0.169. The third kappa shape index (κ3) is 2.17. The highest BCUT2D eigenvalue weighted by Gasteiger charge is 2.38. The minimum Gasteiger partial charge on any atom is -0.373 e. The molecule has 19 heavy (non-hydrogen) atoms. The third-order valence-electron chi connectivity index (χ3n) is 3.90. The Labute approximate surface area is 113 Å². The zero-order chi connectivity index (χ0) is 13.3. The van der Waals surface area contributed by atoms with Crippen molar-refractivity contribution in [2.75, 3.05) is 6.61 Å². The molecular formula is C15H19N3O. The molecule has 1 aromatic heterocycles. The van der Waals surface area contributed by atoms with Crippen molar-refractivity contribution in [2.45, 2.75) is 31.4 Å².